The maximum absolute atomic E-state index is 11.5. The van der Waals surface area contributed by atoms with Gasteiger partial charge in [-0.3, -0.25) is 0 Å². The van der Waals surface area contributed by atoms with Gasteiger partial charge in [0.05, 0.1) is 38.1 Å². The van der Waals surface area contributed by atoms with E-state index in [9.17, 15) is 30.6 Å². The Bertz CT molecular complexity index is 1260. The van der Waals surface area contributed by atoms with Gasteiger partial charge in [0.25, 0.3) is 0 Å². The number of allylic oxidation sites excluding steroid dienone is 1. The molecule has 0 unspecified atom stereocenters. The predicted octanol–water partition coefficient (Wildman–Crippen LogP) is 1.61. The lowest BCUT2D eigenvalue weighted by molar-refractivity contribution is -0.344. The third-order valence-electron chi connectivity index (χ3n) is 14.9. The molecule has 1 spiro atoms. The van der Waals surface area contributed by atoms with Gasteiger partial charge in [-0.25, -0.2) is 0 Å². The molecule has 7 fully saturated rings. The lowest BCUT2D eigenvalue weighted by atomic mass is 9.46. The van der Waals surface area contributed by atoms with Gasteiger partial charge < -0.3 is 59.1 Å². The summed E-state index contributed by atoms with van der Waals surface area (Å²) in [7, 11) is 0. The van der Waals surface area contributed by atoms with Crippen molar-refractivity contribution >= 4 is 0 Å². The fraction of sp³-hybridized carbons (Fsp3) is 0.946. The zero-order valence-corrected chi connectivity index (χ0v) is 29.3. The van der Waals surface area contributed by atoms with Crippen molar-refractivity contribution in [3.63, 3.8) is 0 Å². The molecule has 4 heterocycles. The highest BCUT2D eigenvalue weighted by Crippen LogP contribution is 2.71. The number of fused-ring (bicyclic) bond motifs is 7. The highest BCUT2D eigenvalue weighted by atomic mass is 16.7. The summed E-state index contributed by atoms with van der Waals surface area (Å²) in [4.78, 5) is 0. The zero-order valence-electron chi connectivity index (χ0n) is 29.3. The monoisotopic (exact) mass is 694 g/mol. The second-order valence-electron chi connectivity index (χ2n) is 17.5. The van der Waals surface area contributed by atoms with Gasteiger partial charge in [0.2, 0.25) is 0 Å². The van der Waals surface area contributed by atoms with Crippen molar-refractivity contribution in [2.24, 2.45) is 46.3 Å². The van der Waals surface area contributed by atoms with Crippen LogP contribution < -0.4 is 0 Å². The van der Waals surface area contributed by atoms with E-state index in [0.717, 1.165) is 45.1 Å². The Labute approximate surface area is 289 Å². The molecular weight excluding hydrogens is 636 g/mol. The zero-order chi connectivity index (χ0) is 34.6. The molecule has 278 valence electrons. The van der Waals surface area contributed by atoms with E-state index in [2.05, 4.69) is 33.8 Å². The molecule has 4 aliphatic carbocycles. The van der Waals surface area contributed by atoms with E-state index in [1.54, 1.807) is 0 Å². The number of rotatable bonds is 4. The standard InChI is InChI=1S/C37H58O12/c1-17-7-10-37(46-14-17)18(2)28-26(49-37)13-23-21-6-5-19-11-20(38)12-27(36(19,4)22(21)8-9-35(23,28)3)47-34-31(43)32(25(40)16-45-34)48-33-30(42)29(41)24(39)15-44-33/h5,17-18,20-34,38-43H,6-16H2,1-4H3/t17-,18-,20+,21+,22-,23-,24+,25-,26-,27+,28-,29-,30+,31+,32-,33-,34-,35-,36-,37+/m0/s1. The van der Waals surface area contributed by atoms with Gasteiger partial charge in [-0.2, -0.15) is 0 Å². The van der Waals surface area contributed by atoms with Crippen molar-refractivity contribution in [2.75, 3.05) is 19.8 Å². The molecule has 0 bridgehead atoms. The van der Waals surface area contributed by atoms with Crippen molar-refractivity contribution < 1.29 is 59.1 Å². The Morgan fingerprint density at radius 1 is 0.796 bits per heavy atom. The number of hydrogen-bond donors (Lipinski definition) is 6. The topological polar surface area (TPSA) is 177 Å². The first kappa shape index (κ1) is 35.3. The SMILES string of the molecule is C[C@H]1CC[C@@]2(OC1)O[C@H]1C[C@H]3[C@@H]4CC=C5C[C@@H](O)C[C@@H](O[C@@H]6OC[C@H](O)[C@H](O[C@@H]7OC[C@@H](O)[C@H](O)[C@H]7O)[C@H]6O)[C@]5(C)[C@H]4CC[C@]3(C)[C@H]1[C@@H]2C. The van der Waals surface area contributed by atoms with Gasteiger partial charge in [0.15, 0.2) is 18.4 Å². The Kier molecular flexibility index (Phi) is 9.14. The maximum atomic E-state index is 11.5. The van der Waals surface area contributed by atoms with E-state index >= 15 is 0 Å². The fourth-order valence-corrected chi connectivity index (χ4v) is 12.2. The molecule has 20 atom stereocenters. The summed E-state index contributed by atoms with van der Waals surface area (Å²) in [5.41, 5.74) is 0.958. The minimum absolute atomic E-state index is 0.145. The molecule has 12 heteroatoms. The predicted molar refractivity (Wildman–Crippen MR) is 172 cm³/mol. The molecule has 12 nitrogen and oxygen atoms in total. The van der Waals surface area contributed by atoms with E-state index in [1.807, 2.05) is 0 Å². The van der Waals surface area contributed by atoms with Crippen LogP contribution >= 0.6 is 0 Å². The minimum Gasteiger partial charge on any atom is -0.393 e. The lowest BCUT2D eigenvalue weighted by Crippen LogP contribution is -2.62. The number of ether oxygens (including phenoxy) is 6. The van der Waals surface area contributed by atoms with Crippen molar-refractivity contribution in [1.82, 2.24) is 0 Å². The average molecular weight is 695 g/mol. The number of aliphatic hydroxyl groups is 6. The molecule has 4 aliphatic heterocycles. The highest BCUT2D eigenvalue weighted by molar-refractivity contribution is 5.28. The van der Waals surface area contributed by atoms with Crippen LogP contribution in [0.15, 0.2) is 11.6 Å². The van der Waals surface area contributed by atoms with Crippen LogP contribution in [-0.4, -0.2) is 124 Å². The second-order valence-corrected chi connectivity index (χ2v) is 17.5. The summed E-state index contributed by atoms with van der Waals surface area (Å²) in [5, 5.41) is 63.7. The van der Waals surface area contributed by atoms with Crippen molar-refractivity contribution in [1.29, 1.82) is 0 Å². The third-order valence-corrected chi connectivity index (χ3v) is 14.9. The summed E-state index contributed by atoms with van der Waals surface area (Å²) in [5.74, 6) is 2.15. The first-order chi connectivity index (χ1) is 23.3. The van der Waals surface area contributed by atoms with Crippen LogP contribution in [0.2, 0.25) is 0 Å². The smallest absolute Gasteiger partial charge is 0.186 e. The van der Waals surface area contributed by atoms with Gasteiger partial charge in [-0.1, -0.05) is 39.3 Å². The summed E-state index contributed by atoms with van der Waals surface area (Å²) in [6, 6.07) is 0. The summed E-state index contributed by atoms with van der Waals surface area (Å²) in [6.07, 6.45) is -2.11. The Morgan fingerprint density at radius 3 is 2.27 bits per heavy atom. The van der Waals surface area contributed by atoms with Gasteiger partial charge >= 0.3 is 0 Å². The van der Waals surface area contributed by atoms with Crippen molar-refractivity contribution in [3.8, 4) is 0 Å². The van der Waals surface area contributed by atoms with E-state index < -0.39 is 72.6 Å². The van der Waals surface area contributed by atoms with Crippen LogP contribution in [-0.2, 0) is 28.4 Å². The molecule has 0 radical (unpaired) electrons. The maximum Gasteiger partial charge on any atom is 0.186 e. The minimum atomic E-state index is -1.57. The average Bonchev–Trinajstić information content (AvgIpc) is 3.51. The molecule has 49 heavy (non-hydrogen) atoms. The van der Waals surface area contributed by atoms with Gasteiger partial charge in [0.1, 0.15) is 36.6 Å². The molecular formula is C37H58O12. The molecule has 0 aromatic heterocycles. The third kappa shape index (κ3) is 5.45. The lowest BCUT2D eigenvalue weighted by Gasteiger charge is -2.60. The molecule has 8 aliphatic rings. The molecule has 4 saturated heterocycles. The normalized spacial score (nSPS) is 58.7. The quantitative estimate of drug-likeness (QED) is 0.235. The Morgan fingerprint density at radius 2 is 1.53 bits per heavy atom. The Hall–Kier alpha value is -0.740. The van der Waals surface area contributed by atoms with Crippen LogP contribution in [0.4, 0.5) is 0 Å². The Balaban J connectivity index is 1.01. The highest BCUT2D eigenvalue weighted by Gasteiger charge is 2.69. The van der Waals surface area contributed by atoms with E-state index in [4.69, 9.17) is 28.4 Å². The van der Waals surface area contributed by atoms with Crippen LogP contribution in [0.3, 0.4) is 0 Å². The van der Waals surface area contributed by atoms with Crippen molar-refractivity contribution in [2.45, 2.75) is 152 Å². The summed E-state index contributed by atoms with van der Waals surface area (Å²) in [6.45, 7) is 9.71. The number of aliphatic hydroxyl groups excluding tert-OH is 6. The molecule has 0 aromatic rings. The van der Waals surface area contributed by atoms with Crippen LogP contribution in [0, 0.1) is 46.3 Å². The second kappa shape index (κ2) is 12.7. The van der Waals surface area contributed by atoms with E-state index in [1.165, 1.54) is 5.57 Å². The van der Waals surface area contributed by atoms with Gasteiger partial charge in [-0.05, 0) is 73.5 Å². The van der Waals surface area contributed by atoms with E-state index in [0.29, 0.717) is 48.3 Å². The summed E-state index contributed by atoms with van der Waals surface area (Å²) >= 11 is 0. The molecule has 8 rings (SSSR count). The molecule has 0 aromatic carbocycles. The van der Waals surface area contributed by atoms with Gasteiger partial charge in [-0.15, -0.1) is 0 Å². The first-order valence-electron chi connectivity index (χ1n) is 18.9. The summed E-state index contributed by atoms with van der Waals surface area (Å²) < 4.78 is 37.2. The largest absolute Gasteiger partial charge is 0.393 e. The fourth-order valence-electron chi connectivity index (χ4n) is 12.2. The van der Waals surface area contributed by atoms with Crippen LogP contribution in [0.25, 0.3) is 0 Å². The van der Waals surface area contributed by atoms with Crippen LogP contribution in [0.5, 0.6) is 0 Å². The molecule has 6 N–H and O–H groups in total. The molecule has 0 amide bonds. The van der Waals surface area contributed by atoms with Crippen molar-refractivity contribution in [3.05, 3.63) is 11.6 Å². The molecule has 3 saturated carbocycles. The van der Waals surface area contributed by atoms with E-state index in [-0.39, 0.29) is 24.7 Å². The first-order valence-corrected chi connectivity index (χ1v) is 18.9. The number of hydrogen-bond acceptors (Lipinski definition) is 12. The van der Waals surface area contributed by atoms with Gasteiger partial charge in [0, 0.05) is 24.2 Å². The van der Waals surface area contributed by atoms with Crippen LogP contribution in [0.1, 0.15) is 79.1 Å².